The first-order chi connectivity index (χ1) is 9.73. The number of carbonyl (C=O) groups excluding carboxylic acids is 1. The molecule has 1 heterocycles. The van der Waals surface area contributed by atoms with Crippen LogP contribution in [0.3, 0.4) is 0 Å². The van der Waals surface area contributed by atoms with Crippen molar-refractivity contribution in [3.63, 3.8) is 0 Å². The molecule has 1 aromatic heterocycles. The Morgan fingerprint density at radius 2 is 2.40 bits per heavy atom. The van der Waals surface area contributed by atoms with Crippen LogP contribution in [-0.2, 0) is 16.1 Å². The van der Waals surface area contributed by atoms with Crippen LogP contribution in [0, 0.1) is 5.92 Å². The molecule has 1 aliphatic carbocycles. The molecule has 112 valence electrons. The van der Waals surface area contributed by atoms with E-state index in [1.807, 2.05) is 26.4 Å². The van der Waals surface area contributed by atoms with Gasteiger partial charge in [0.25, 0.3) is 0 Å². The molecule has 1 aromatic rings. The zero-order valence-electron chi connectivity index (χ0n) is 12.5. The van der Waals surface area contributed by atoms with Crippen molar-refractivity contribution in [2.75, 3.05) is 13.2 Å². The molecule has 0 amide bonds. The monoisotopic (exact) mass is 279 g/mol. The molecule has 1 fully saturated rings. The first-order valence-corrected chi connectivity index (χ1v) is 7.61. The Hall–Kier alpha value is -1.36. The summed E-state index contributed by atoms with van der Waals surface area (Å²) in [5.41, 5.74) is -0.481. The summed E-state index contributed by atoms with van der Waals surface area (Å²) < 4.78 is 7.40. The Kier molecular flexibility index (Phi) is 5.17. The highest BCUT2D eigenvalue weighted by Gasteiger charge is 2.49. The van der Waals surface area contributed by atoms with Crippen LogP contribution >= 0.6 is 0 Å². The van der Waals surface area contributed by atoms with Gasteiger partial charge >= 0.3 is 5.97 Å². The molecule has 2 rings (SSSR count). The number of rotatable bonds is 7. The zero-order chi connectivity index (χ0) is 14.4. The number of aryl methyl sites for hydroxylation is 1. The minimum atomic E-state index is -0.481. The second kappa shape index (κ2) is 6.88. The maximum atomic E-state index is 12.4. The molecule has 5 nitrogen and oxygen atoms in total. The molecule has 5 heteroatoms. The first kappa shape index (κ1) is 15.0. The first-order valence-electron chi connectivity index (χ1n) is 7.61. The number of hydrogen-bond donors (Lipinski definition) is 1. The molecule has 2 unspecified atom stereocenters. The number of likely N-dealkylation sites (N-methyl/N-ethyl adjacent to an activating group) is 1. The number of esters is 1. The van der Waals surface area contributed by atoms with E-state index in [9.17, 15) is 4.79 Å². The summed E-state index contributed by atoms with van der Waals surface area (Å²) in [4.78, 5) is 16.5. The van der Waals surface area contributed by atoms with Crippen molar-refractivity contribution in [2.45, 2.75) is 51.6 Å². The van der Waals surface area contributed by atoms with Crippen LogP contribution in [0.5, 0.6) is 0 Å². The van der Waals surface area contributed by atoms with Crippen LogP contribution in [0.1, 0.15) is 39.5 Å². The van der Waals surface area contributed by atoms with Gasteiger partial charge in [-0.25, -0.2) is 4.98 Å². The van der Waals surface area contributed by atoms with Crippen molar-refractivity contribution < 1.29 is 9.53 Å². The van der Waals surface area contributed by atoms with Gasteiger partial charge in [-0.1, -0.05) is 13.3 Å². The lowest BCUT2D eigenvalue weighted by atomic mass is 9.84. The zero-order valence-corrected chi connectivity index (χ0v) is 12.5. The van der Waals surface area contributed by atoms with E-state index in [1.165, 1.54) is 0 Å². The van der Waals surface area contributed by atoms with Crippen LogP contribution in [0.4, 0.5) is 0 Å². The molecular weight excluding hydrogens is 254 g/mol. The van der Waals surface area contributed by atoms with E-state index in [4.69, 9.17) is 4.74 Å². The van der Waals surface area contributed by atoms with E-state index in [0.29, 0.717) is 12.5 Å². The van der Waals surface area contributed by atoms with Crippen molar-refractivity contribution in [2.24, 2.45) is 5.92 Å². The molecule has 20 heavy (non-hydrogen) atoms. The van der Waals surface area contributed by atoms with Gasteiger partial charge in [-0.3, -0.25) is 4.79 Å². The fourth-order valence-corrected chi connectivity index (χ4v) is 3.34. The van der Waals surface area contributed by atoms with E-state index in [2.05, 4.69) is 14.9 Å². The number of hydrogen-bond acceptors (Lipinski definition) is 4. The Bertz CT molecular complexity index is 419. The van der Waals surface area contributed by atoms with Gasteiger partial charge in [0, 0.05) is 18.9 Å². The maximum absolute atomic E-state index is 12.4. The van der Waals surface area contributed by atoms with Gasteiger partial charge in [0.15, 0.2) is 0 Å². The molecule has 0 radical (unpaired) electrons. The largest absolute Gasteiger partial charge is 0.465 e. The normalized spacial score (nSPS) is 25.8. The molecule has 0 aromatic carbocycles. The Labute approximate surface area is 120 Å². The van der Waals surface area contributed by atoms with E-state index in [0.717, 1.165) is 38.8 Å². The van der Waals surface area contributed by atoms with Crippen LogP contribution in [0.2, 0.25) is 0 Å². The third-order valence-electron chi connectivity index (χ3n) is 4.25. The minimum absolute atomic E-state index is 0.0741. The lowest BCUT2D eigenvalue weighted by molar-refractivity contribution is -0.153. The summed E-state index contributed by atoms with van der Waals surface area (Å²) in [6, 6.07) is 0. The molecule has 1 N–H and O–H groups in total. The molecule has 0 saturated heterocycles. The average molecular weight is 279 g/mol. The highest BCUT2D eigenvalue weighted by Crippen LogP contribution is 2.39. The van der Waals surface area contributed by atoms with Gasteiger partial charge in [0.1, 0.15) is 5.54 Å². The van der Waals surface area contributed by atoms with Gasteiger partial charge in [-0.15, -0.1) is 0 Å². The number of imidazole rings is 1. The summed E-state index contributed by atoms with van der Waals surface area (Å²) in [6.07, 6.45) is 9.61. The quantitative estimate of drug-likeness (QED) is 0.775. The van der Waals surface area contributed by atoms with Gasteiger partial charge < -0.3 is 14.6 Å². The highest BCUT2D eigenvalue weighted by atomic mass is 16.5. The second-order valence-corrected chi connectivity index (χ2v) is 5.40. The molecule has 0 aliphatic heterocycles. The lowest BCUT2D eigenvalue weighted by Crippen LogP contribution is -2.55. The standard InChI is InChI=1S/C15H25N3O2/c1-3-17-15(14(19)20-4-2)8-5-6-13(15)7-10-18-11-9-16-12-18/h9,11-13,17H,3-8,10H2,1-2H3. The fourth-order valence-electron chi connectivity index (χ4n) is 3.34. The predicted octanol–water partition coefficient (Wildman–Crippen LogP) is 1.98. The second-order valence-electron chi connectivity index (χ2n) is 5.40. The molecule has 2 atom stereocenters. The maximum Gasteiger partial charge on any atom is 0.326 e. The smallest absolute Gasteiger partial charge is 0.326 e. The topological polar surface area (TPSA) is 56.1 Å². The van der Waals surface area contributed by atoms with E-state index in [1.54, 1.807) is 6.20 Å². The van der Waals surface area contributed by atoms with Crippen LogP contribution in [-0.4, -0.2) is 34.2 Å². The Morgan fingerprint density at radius 1 is 1.55 bits per heavy atom. The third-order valence-corrected chi connectivity index (χ3v) is 4.25. The number of nitrogens with zero attached hydrogens (tertiary/aromatic N) is 2. The van der Waals surface area contributed by atoms with Crippen molar-refractivity contribution >= 4 is 5.97 Å². The van der Waals surface area contributed by atoms with Crippen LogP contribution < -0.4 is 5.32 Å². The van der Waals surface area contributed by atoms with Gasteiger partial charge in [0.05, 0.1) is 12.9 Å². The molecule has 0 bridgehead atoms. The highest BCUT2D eigenvalue weighted by molar-refractivity contribution is 5.81. The Morgan fingerprint density at radius 3 is 3.05 bits per heavy atom. The lowest BCUT2D eigenvalue weighted by Gasteiger charge is -2.34. The van der Waals surface area contributed by atoms with Crippen molar-refractivity contribution in [3.8, 4) is 0 Å². The van der Waals surface area contributed by atoms with Crippen LogP contribution in [0.15, 0.2) is 18.7 Å². The fraction of sp³-hybridized carbons (Fsp3) is 0.733. The van der Waals surface area contributed by atoms with Gasteiger partial charge in [0.2, 0.25) is 0 Å². The van der Waals surface area contributed by atoms with Crippen molar-refractivity contribution in [1.82, 2.24) is 14.9 Å². The van der Waals surface area contributed by atoms with Gasteiger partial charge in [-0.2, -0.15) is 0 Å². The molecule has 1 saturated carbocycles. The number of nitrogens with one attached hydrogen (secondary N) is 1. The minimum Gasteiger partial charge on any atom is -0.465 e. The summed E-state index contributed by atoms with van der Waals surface area (Å²) in [6.45, 7) is 6.05. The van der Waals surface area contributed by atoms with E-state index >= 15 is 0 Å². The molecule has 1 aliphatic rings. The van der Waals surface area contributed by atoms with Crippen molar-refractivity contribution in [1.29, 1.82) is 0 Å². The number of aromatic nitrogens is 2. The molecule has 0 spiro atoms. The summed E-state index contributed by atoms with van der Waals surface area (Å²) in [7, 11) is 0. The van der Waals surface area contributed by atoms with E-state index in [-0.39, 0.29) is 5.97 Å². The van der Waals surface area contributed by atoms with Crippen LogP contribution in [0.25, 0.3) is 0 Å². The SMILES string of the molecule is CCNC1(C(=O)OCC)CCCC1CCn1ccnc1. The average Bonchev–Trinajstić information content (AvgIpc) is 3.07. The van der Waals surface area contributed by atoms with Crippen molar-refractivity contribution in [3.05, 3.63) is 18.7 Å². The van der Waals surface area contributed by atoms with E-state index < -0.39 is 5.54 Å². The third kappa shape index (κ3) is 3.03. The number of carbonyl (C=O) groups is 1. The van der Waals surface area contributed by atoms with Gasteiger partial charge in [-0.05, 0) is 38.6 Å². The number of ether oxygens (including phenoxy) is 1. The summed E-state index contributed by atoms with van der Waals surface area (Å²) >= 11 is 0. The summed E-state index contributed by atoms with van der Waals surface area (Å²) in [5, 5.41) is 3.42. The summed E-state index contributed by atoms with van der Waals surface area (Å²) in [5.74, 6) is 0.263. The predicted molar refractivity (Wildman–Crippen MR) is 77.2 cm³/mol. The molecular formula is C15H25N3O2. The Balaban J connectivity index is 2.06.